The largest absolute Gasteiger partial charge is 0.477 e. The highest BCUT2D eigenvalue weighted by Gasteiger charge is 2.21. The van der Waals surface area contributed by atoms with Gasteiger partial charge >= 0.3 is 11.9 Å². The van der Waals surface area contributed by atoms with Gasteiger partial charge in [-0.15, -0.1) is 11.8 Å². The molecule has 0 atom stereocenters. The molecule has 1 rings (SSSR count). The predicted molar refractivity (Wildman–Crippen MR) is 43.9 cm³/mol. The molecule has 1 heterocycles. The zero-order valence-corrected chi connectivity index (χ0v) is 6.80. The minimum absolute atomic E-state index is 0.361. The van der Waals surface area contributed by atoms with Gasteiger partial charge in [0.2, 0.25) is 0 Å². The first-order chi connectivity index (χ1) is 5.63. The van der Waals surface area contributed by atoms with Crippen molar-refractivity contribution in [1.82, 2.24) is 0 Å². The van der Waals surface area contributed by atoms with Gasteiger partial charge in [0, 0.05) is 5.75 Å². The Labute approximate surface area is 72.6 Å². The van der Waals surface area contributed by atoms with Crippen molar-refractivity contribution in [2.24, 2.45) is 0 Å². The van der Waals surface area contributed by atoms with Gasteiger partial charge in [-0.05, 0) is 11.0 Å². The van der Waals surface area contributed by atoms with Crippen molar-refractivity contribution in [1.29, 1.82) is 0 Å². The molecule has 0 saturated carbocycles. The summed E-state index contributed by atoms with van der Waals surface area (Å²) in [7, 11) is 0. The van der Waals surface area contributed by atoms with Crippen LogP contribution in [0.2, 0.25) is 0 Å². The van der Waals surface area contributed by atoms with Crippen LogP contribution in [0, 0.1) is 0 Å². The van der Waals surface area contributed by atoms with E-state index in [1.54, 1.807) is 5.41 Å². The molecule has 12 heavy (non-hydrogen) atoms. The summed E-state index contributed by atoms with van der Waals surface area (Å²) in [5.74, 6) is -2.34. The number of allylic oxidation sites excluding steroid dienone is 1. The fourth-order valence-electron chi connectivity index (χ4n) is 0.838. The summed E-state index contributed by atoms with van der Waals surface area (Å²) in [4.78, 5) is 20.9. The quantitative estimate of drug-likeness (QED) is 0.377. The minimum atomic E-state index is -1.38. The van der Waals surface area contributed by atoms with E-state index in [0.29, 0.717) is 11.3 Å². The SMILES string of the molecule is O=C(O)C(C(=O)O)=C1C=CSC1. The Balaban J connectivity index is 3.06. The molecule has 0 fully saturated rings. The number of rotatable bonds is 2. The van der Waals surface area contributed by atoms with Gasteiger partial charge in [0.25, 0.3) is 0 Å². The molecule has 2 N–H and O–H groups in total. The lowest BCUT2D eigenvalue weighted by molar-refractivity contribution is -0.140. The van der Waals surface area contributed by atoms with Crippen LogP contribution in [0.25, 0.3) is 0 Å². The second-order valence-electron chi connectivity index (χ2n) is 2.12. The van der Waals surface area contributed by atoms with Gasteiger partial charge in [-0.3, -0.25) is 0 Å². The van der Waals surface area contributed by atoms with Gasteiger partial charge in [-0.2, -0.15) is 0 Å². The Kier molecular flexibility index (Phi) is 2.54. The van der Waals surface area contributed by atoms with E-state index in [4.69, 9.17) is 10.2 Å². The molecule has 0 aliphatic carbocycles. The normalized spacial score (nSPS) is 14.8. The van der Waals surface area contributed by atoms with Gasteiger partial charge in [0.05, 0.1) is 0 Å². The highest BCUT2D eigenvalue weighted by Crippen LogP contribution is 2.22. The third-order valence-electron chi connectivity index (χ3n) is 1.35. The molecule has 5 heteroatoms. The zero-order valence-electron chi connectivity index (χ0n) is 5.98. The van der Waals surface area contributed by atoms with E-state index < -0.39 is 17.5 Å². The average Bonchev–Trinajstić information content (AvgIpc) is 2.37. The first kappa shape index (κ1) is 8.86. The van der Waals surface area contributed by atoms with Crippen LogP contribution in [0.15, 0.2) is 22.6 Å². The number of carboxylic acid groups (broad SMARTS) is 2. The Hall–Kier alpha value is -1.23. The van der Waals surface area contributed by atoms with Crippen LogP contribution in [0.4, 0.5) is 0 Å². The van der Waals surface area contributed by atoms with Crippen LogP contribution >= 0.6 is 11.8 Å². The van der Waals surface area contributed by atoms with Crippen LogP contribution in [0.1, 0.15) is 0 Å². The number of hydrogen-bond donors (Lipinski definition) is 2. The fourth-order valence-corrected chi connectivity index (χ4v) is 1.61. The van der Waals surface area contributed by atoms with Gasteiger partial charge in [0.15, 0.2) is 0 Å². The molecule has 0 amide bonds. The molecule has 0 aromatic rings. The third kappa shape index (κ3) is 1.68. The van der Waals surface area contributed by atoms with Crippen molar-refractivity contribution in [3.05, 3.63) is 22.6 Å². The Morgan fingerprint density at radius 1 is 1.33 bits per heavy atom. The first-order valence-electron chi connectivity index (χ1n) is 3.11. The first-order valence-corrected chi connectivity index (χ1v) is 4.15. The molecule has 0 unspecified atom stereocenters. The van der Waals surface area contributed by atoms with Crippen molar-refractivity contribution in [3.8, 4) is 0 Å². The second-order valence-corrected chi connectivity index (χ2v) is 3.02. The Bertz CT molecular complexity index is 274. The molecule has 4 nitrogen and oxygen atoms in total. The molecular formula is C7H6O4S. The lowest BCUT2D eigenvalue weighted by atomic mass is 10.1. The van der Waals surface area contributed by atoms with Crippen LogP contribution in [0.5, 0.6) is 0 Å². The van der Waals surface area contributed by atoms with Crippen molar-refractivity contribution >= 4 is 23.7 Å². The van der Waals surface area contributed by atoms with Crippen molar-refractivity contribution < 1.29 is 19.8 Å². The maximum Gasteiger partial charge on any atom is 0.343 e. The summed E-state index contributed by atoms with van der Waals surface area (Å²) >= 11 is 1.38. The summed E-state index contributed by atoms with van der Waals surface area (Å²) in [5.41, 5.74) is -0.170. The number of thioether (sulfide) groups is 1. The lowest BCUT2D eigenvalue weighted by Gasteiger charge is -1.98. The van der Waals surface area contributed by atoms with Crippen LogP contribution in [-0.2, 0) is 9.59 Å². The minimum Gasteiger partial charge on any atom is -0.477 e. The fraction of sp³-hybridized carbons (Fsp3) is 0.143. The summed E-state index contributed by atoms with van der Waals surface area (Å²) in [6.45, 7) is 0. The molecule has 1 aliphatic rings. The van der Waals surface area contributed by atoms with E-state index >= 15 is 0 Å². The topological polar surface area (TPSA) is 74.6 Å². The molecule has 0 saturated heterocycles. The van der Waals surface area contributed by atoms with Gasteiger partial charge < -0.3 is 10.2 Å². The van der Waals surface area contributed by atoms with Gasteiger partial charge in [0.1, 0.15) is 5.57 Å². The van der Waals surface area contributed by atoms with Gasteiger partial charge in [-0.1, -0.05) is 6.08 Å². The van der Waals surface area contributed by atoms with Crippen molar-refractivity contribution in [3.63, 3.8) is 0 Å². The summed E-state index contributed by atoms with van der Waals surface area (Å²) < 4.78 is 0. The molecule has 64 valence electrons. The highest BCUT2D eigenvalue weighted by atomic mass is 32.2. The predicted octanol–water partition coefficient (Wildman–Crippen LogP) is 0.713. The van der Waals surface area contributed by atoms with Crippen LogP contribution in [0.3, 0.4) is 0 Å². The Morgan fingerprint density at radius 2 is 1.92 bits per heavy atom. The molecule has 0 aromatic heterocycles. The van der Waals surface area contributed by atoms with E-state index in [1.807, 2.05) is 0 Å². The Morgan fingerprint density at radius 3 is 2.25 bits per heavy atom. The van der Waals surface area contributed by atoms with E-state index in [0.717, 1.165) is 0 Å². The standard InChI is InChI=1S/C7H6O4S/c8-6(9)5(7(10)11)4-1-2-12-3-4/h1-2H,3H2,(H,8,9)(H,10,11). The zero-order chi connectivity index (χ0) is 9.14. The molecule has 0 spiro atoms. The highest BCUT2D eigenvalue weighted by molar-refractivity contribution is 8.02. The van der Waals surface area contributed by atoms with Crippen molar-refractivity contribution in [2.45, 2.75) is 0 Å². The summed E-state index contributed by atoms with van der Waals surface area (Å²) in [5, 5.41) is 18.7. The molecule has 0 radical (unpaired) electrons. The maximum absolute atomic E-state index is 10.4. The summed E-state index contributed by atoms with van der Waals surface area (Å²) in [6, 6.07) is 0. The van der Waals surface area contributed by atoms with E-state index in [2.05, 4.69) is 0 Å². The monoisotopic (exact) mass is 186 g/mol. The number of aliphatic carboxylic acids is 2. The molecule has 1 aliphatic heterocycles. The number of hydrogen-bond acceptors (Lipinski definition) is 3. The van der Waals surface area contributed by atoms with Crippen LogP contribution < -0.4 is 0 Å². The molecular weight excluding hydrogens is 180 g/mol. The molecule has 0 aromatic carbocycles. The van der Waals surface area contributed by atoms with E-state index in [-0.39, 0.29) is 0 Å². The van der Waals surface area contributed by atoms with Crippen molar-refractivity contribution in [2.75, 3.05) is 5.75 Å². The second kappa shape index (κ2) is 3.44. The number of carboxylic acids is 2. The lowest BCUT2D eigenvalue weighted by Crippen LogP contribution is -2.13. The maximum atomic E-state index is 10.4. The van der Waals surface area contributed by atoms with Gasteiger partial charge in [-0.25, -0.2) is 9.59 Å². The smallest absolute Gasteiger partial charge is 0.343 e. The third-order valence-corrected chi connectivity index (χ3v) is 2.16. The summed E-state index contributed by atoms with van der Waals surface area (Å²) in [6.07, 6.45) is 1.52. The molecule has 0 bridgehead atoms. The van der Waals surface area contributed by atoms with E-state index in [1.165, 1.54) is 17.8 Å². The van der Waals surface area contributed by atoms with Crippen LogP contribution in [-0.4, -0.2) is 27.9 Å². The average molecular weight is 186 g/mol. The van der Waals surface area contributed by atoms with E-state index in [9.17, 15) is 9.59 Å². The number of carbonyl (C=O) groups is 2.